The molecule has 134 valence electrons. The number of hydrogen-bond donors (Lipinski definition) is 0. The van der Waals surface area contributed by atoms with E-state index in [-0.39, 0.29) is 0 Å². The van der Waals surface area contributed by atoms with Crippen molar-refractivity contribution in [2.75, 3.05) is 0 Å². The van der Waals surface area contributed by atoms with Gasteiger partial charge in [-0.25, -0.2) is 0 Å². The van der Waals surface area contributed by atoms with Crippen LogP contribution in [0.2, 0.25) is 0 Å². The molecule has 0 heteroatoms. The Balaban J connectivity index is 4.05. The van der Waals surface area contributed by atoms with Crippen molar-refractivity contribution >= 4 is 0 Å². The van der Waals surface area contributed by atoms with E-state index < -0.39 is 0 Å². The van der Waals surface area contributed by atoms with Crippen LogP contribution < -0.4 is 0 Å². The first kappa shape index (κ1) is 22.0. The van der Waals surface area contributed by atoms with Gasteiger partial charge in [0.05, 0.1) is 0 Å². The van der Waals surface area contributed by atoms with Crippen molar-refractivity contribution in [2.24, 2.45) is 29.6 Å². The lowest BCUT2D eigenvalue weighted by Crippen LogP contribution is -2.16. The zero-order valence-corrected chi connectivity index (χ0v) is 17.0. The first-order valence-electron chi connectivity index (χ1n) is 10.5. The Bertz CT molecular complexity index is 220. The van der Waals surface area contributed by atoms with Crippen molar-refractivity contribution in [3.8, 4) is 0 Å². The Morgan fingerprint density at radius 2 is 1.00 bits per heavy atom. The Labute approximate surface area is 142 Å². The Morgan fingerprint density at radius 3 is 1.36 bits per heavy atom. The summed E-state index contributed by atoms with van der Waals surface area (Å²) in [5.74, 6) is 4.59. The molecule has 2 atom stereocenters. The Hall–Kier alpha value is 0. The van der Waals surface area contributed by atoms with Gasteiger partial charge in [0.2, 0.25) is 0 Å². The lowest BCUT2D eigenvalue weighted by molar-refractivity contribution is 0.250. The van der Waals surface area contributed by atoms with Gasteiger partial charge in [-0.05, 0) is 36.0 Å². The molecule has 22 heavy (non-hydrogen) atoms. The van der Waals surface area contributed by atoms with Crippen molar-refractivity contribution in [3.05, 3.63) is 0 Å². The van der Waals surface area contributed by atoms with Gasteiger partial charge in [0.1, 0.15) is 0 Å². The van der Waals surface area contributed by atoms with Gasteiger partial charge in [-0.3, -0.25) is 0 Å². The van der Waals surface area contributed by atoms with Crippen molar-refractivity contribution in [2.45, 2.75) is 113 Å². The third-order valence-corrected chi connectivity index (χ3v) is 5.97. The summed E-state index contributed by atoms with van der Waals surface area (Å²) in [6, 6.07) is 0. The highest BCUT2D eigenvalue weighted by Gasteiger charge is 2.18. The summed E-state index contributed by atoms with van der Waals surface area (Å²) in [4.78, 5) is 0. The molecule has 0 bridgehead atoms. The fraction of sp³-hybridized carbons (Fsp3) is 1.00. The summed E-state index contributed by atoms with van der Waals surface area (Å²) in [5, 5.41) is 0. The molecule has 0 saturated carbocycles. The van der Waals surface area contributed by atoms with Crippen LogP contribution in [-0.2, 0) is 0 Å². The minimum absolute atomic E-state index is 0.846. The van der Waals surface area contributed by atoms with Crippen LogP contribution in [0.1, 0.15) is 113 Å². The van der Waals surface area contributed by atoms with Gasteiger partial charge in [-0.2, -0.15) is 0 Å². The van der Waals surface area contributed by atoms with Gasteiger partial charge >= 0.3 is 0 Å². The molecule has 0 nitrogen and oxygen atoms in total. The first-order valence-corrected chi connectivity index (χ1v) is 10.5. The molecule has 0 aliphatic carbocycles. The molecule has 0 spiro atoms. The molecule has 0 aromatic heterocycles. The molecule has 0 amide bonds. The standard InChI is InChI=1S/C22H46/c1-8-11-13-20(9-2)16-17-21(10-3)14-12-15-22(18(4)5)19(6)7/h18-22H,8-17H2,1-7H3. The number of unbranched alkanes of at least 4 members (excludes halogenated alkanes) is 1. The predicted octanol–water partition coefficient (Wildman–Crippen LogP) is 8.11. The quantitative estimate of drug-likeness (QED) is 0.304. The van der Waals surface area contributed by atoms with E-state index in [0.717, 1.165) is 29.6 Å². The van der Waals surface area contributed by atoms with E-state index in [9.17, 15) is 0 Å². The average Bonchev–Trinajstić information content (AvgIpc) is 2.48. The van der Waals surface area contributed by atoms with Crippen molar-refractivity contribution in [1.29, 1.82) is 0 Å². The topological polar surface area (TPSA) is 0 Å². The minimum Gasteiger partial charge on any atom is -0.0654 e. The van der Waals surface area contributed by atoms with Crippen molar-refractivity contribution in [1.82, 2.24) is 0 Å². The summed E-state index contributed by atoms with van der Waals surface area (Å²) in [5.41, 5.74) is 0. The van der Waals surface area contributed by atoms with Crippen LogP contribution in [0.15, 0.2) is 0 Å². The van der Waals surface area contributed by atoms with Crippen LogP contribution in [0, 0.1) is 29.6 Å². The van der Waals surface area contributed by atoms with Crippen molar-refractivity contribution in [3.63, 3.8) is 0 Å². The van der Waals surface area contributed by atoms with E-state index >= 15 is 0 Å². The number of hydrogen-bond acceptors (Lipinski definition) is 0. The van der Waals surface area contributed by atoms with Crippen LogP contribution in [0.3, 0.4) is 0 Å². The summed E-state index contributed by atoms with van der Waals surface area (Å²) in [7, 11) is 0. The molecule has 0 radical (unpaired) electrons. The van der Waals surface area contributed by atoms with Crippen LogP contribution in [0.5, 0.6) is 0 Å². The molecule has 0 aromatic rings. The van der Waals surface area contributed by atoms with Gasteiger partial charge in [0.15, 0.2) is 0 Å². The minimum atomic E-state index is 0.846. The maximum Gasteiger partial charge on any atom is -0.0368 e. The fourth-order valence-corrected chi connectivity index (χ4v) is 4.15. The van der Waals surface area contributed by atoms with Crippen LogP contribution in [0.4, 0.5) is 0 Å². The molecular weight excluding hydrogens is 264 g/mol. The SMILES string of the molecule is CCCCC(CC)CCC(CC)CCCC(C(C)C)C(C)C. The molecule has 0 aliphatic rings. The van der Waals surface area contributed by atoms with Crippen molar-refractivity contribution < 1.29 is 0 Å². The van der Waals surface area contributed by atoms with Gasteiger partial charge < -0.3 is 0 Å². The third-order valence-electron chi connectivity index (χ3n) is 5.97. The second kappa shape index (κ2) is 13.4. The smallest absolute Gasteiger partial charge is 0.0368 e. The summed E-state index contributed by atoms with van der Waals surface area (Å²) in [6.07, 6.45) is 14.4. The second-order valence-electron chi connectivity index (χ2n) is 8.35. The molecule has 0 aliphatic heterocycles. The molecule has 0 heterocycles. The fourth-order valence-electron chi connectivity index (χ4n) is 4.15. The summed E-state index contributed by atoms with van der Waals surface area (Å²) >= 11 is 0. The van der Waals surface area contributed by atoms with Crippen LogP contribution in [0.25, 0.3) is 0 Å². The highest BCUT2D eigenvalue weighted by atomic mass is 14.2. The normalized spacial score (nSPS) is 15.0. The molecule has 0 rings (SSSR count). The predicted molar refractivity (Wildman–Crippen MR) is 103 cm³/mol. The van der Waals surface area contributed by atoms with E-state index in [1.807, 2.05) is 0 Å². The zero-order chi connectivity index (χ0) is 17.0. The summed E-state index contributed by atoms with van der Waals surface area (Å²) in [6.45, 7) is 16.7. The molecule has 0 N–H and O–H groups in total. The monoisotopic (exact) mass is 310 g/mol. The highest BCUT2D eigenvalue weighted by Crippen LogP contribution is 2.29. The van der Waals surface area contributed by atoms with Gasteiger partial charge in [-0.1, -0.05) is 106 Å². The Kier molecular flexibility index (Phi) is 13.4. The van der Waals surface area contributed by atoms with Gasteiger partial charge in [0.25, 0.3) is 0 Å². The maximum absolute atomic E-state index is 2.40. The molecule has 0 aromatic carbocycles. The van der Waals surface area contributed by atoms with Gasteiger partial charge in [-0.15, -0.1) is 0 Å². The molecule has 2 unspecified atom stereocenters. The van der Waals surface area contributed by atoms with Gasteiger partial charge in [0, 0.05) is 0 Å². The average molecular weight is 311 g/mol. The first-order chi connectivity index (χ1) is 10.5. The van der Waals surface area contributed by atoms with E-state index in [4.69, 9.17) is 0 Å². The van der Waals surface area contributed by atoms with Crippen LogP contribution in [-0.4, -0.2) is 0 Å². The lowest BCUT2D eigenvalue weighted by atomic mass is 9.80. The number of rotatable bonds is 14. The van der Waals surface area contributed by atoms with E-state index in [1.54, 1.807) is 0 Å². The molecular formula is C22H46. The molecule has 0 saturated heterocycles. The zero-order valence-electron chi connectivity index (χ0n) is 17.0. The lowest BCUT2D eigenvalue weighted by Gasteiger charge is -2.26. The van der Waals surface area contributed by atoms with E-state index in [0.29, 0.717) is 0 Å². The summed E-state index contributed by atoms with van der Waals surface area (Å²) < 4.78 is 0. The molecule has 0 fully saturated rings. The largest absolute Gasteiger partial charge is 0.0654 e. The van der Waals surface area contributed by atoms with Crippen LogP contribution >= 0.6 is 0 Å². The van der Waals surface area contributed by atoms with E-state index in [1.165, 1.54) is 64.2 Å². The third kappa shape index (κ3) is 9.90. The van der Waals surface area contributed by atoms with E-state index in [2.05, 4.69) is 48.5 Å². The maximum atomic E-state index is 2.40. The highest BCUT2D eigenvalue weighted by molar-refractivity contribution is 4.69. The second-order valence-corrected chi connectivity index (χ2v) is 8.35. The Morgan fingerprint density at radius 1 is 0.545 bits per heavy atom.